The molecule has 1 atom stereocenters. The molecule has 10 nitrogen and oxygen atoms in total. The van der Waals surface area contributed by atoms with Crippen LogP contribution in [0.4, 0.5) is 5.69 Å². The maximum atomic E-state index is 12.4. The molecule has 0 heterocycles. The van der Waals surface area contributed by atoms with Crippen LogP contribution in [0.3, 0.4) is 0 Å². The molecule has 27 heavy (non-hydrogen) atoms. The van der Waals surface area contributed by atoms with Crippen molar-refractivity contribution in [2.45, 2.75) is 38.8 Å². The molecule has 1 rings (SSSR count). The van der Waals surface area contributed by atoms with Crippen LogP contribution in [0.15, 0.2) is 24.3 Å². The summed E-state index contributed by atoms with van der Waals surface area (Å²) in [4.78, 5) is 18.3. The van der Waals surface area contributed by atoms with Gasteiger partial charge in [-0.05, 0) is 38.0 Å². The second-order valence-corrected chi connectivity index (χ2v) is 8.09. The number of aliphatic hydroxyl groups is 1. The number of amides is 1. The summed E-state index contributed by atoms with van der Waals surface area (Å²) in [5, 5.41) is 26.9. The molecule has 0 saturated carbocycles. The first kappa shape index (κ1) is 23.3. The monoisotopic (exact) mass is 405 g/mol. The Morgan fingerprint density at radius 3 is 2.30 bits per heavy atom. The molecule has 11 heteroatoms. The maximum Gasteiger partial charge on any atom is 0.229 e. The van der Waals surface area contributed by atoms with Gasteiger partial charge in [-0.2, -0.15) is 0 Å². The van der Waals surface area contributed by atoms with E-state index in [1.165, 1.54) is 17.0 Å². The van der Waals surface area contributed by atoms with Crippen molar-refractivity contribution in [2.24, 2.45) is 0 Å². The molecule has 1 aromatic rings. The molecule has 0 aliphatic heterocycles. The Morgan fingerprint density at radius 2 is 1.81 bits per heavy atom. The number of hydrogen-bond acceptors (Lipinski definition) is 8. The molecule has 0 aliphatic carbocycles. The molecular formula is C16H27N3O7S. The lowest BCUT2D eigenvalue weighted by Crippen LogP contribution is -2.40. The number of hydrogen-bond donors (Lipinski definition) is 4. The zero-order chi connectivity index (χ0) is 20.6. The van der Waals surface area contributed by atoms with Gasteiger partial charge in [0.05, 0.1) is 30.9 Å². The minimum Gasteiger partial charge on any atom is -0.387 e. The highest BCUT2D eigenvalue weighted by Gasteiger charge is 2.21. The Kier molecular flexibility index (Phi) is 9.09. The van der Waals surface area contributed by atoms with Gasteiger partial charge < -0.3 is 10.0 Å². The van der Waals surface area contributed by atoms with E-state index in [-0.39, 0.29) is 37.9 Å². The first-order chi connectivity index (χ1) is 12.5. The summed E-state index contributed by atoms with van der Waals surface area (Å²) in [5.74, 6) is -0.203. The molecule has 0 aliphatic rings. The van der Waals surface area contributed by atoms with Crippen LogP contribution < -0.4 is 4.72 Å². The van der Waals surface area contributed by atoms with Crippen molar-refractivity contribution in [1.29, 1.82) is 0 Å². The second-order valence-electron chi connectivity index (χ2n) is 6.34. The highest BCUT2D eigenvalue weighted by molar-refractivity contribution is 7.92. The standard InChI is InChI=1S/C16H27N3O7S/c1-12(2)18(16(21)5-4-10-26-19(22)23)11-15(20)13-6-8-14(9-7-13)17-27(3,24)25/h6-9,12,15,17,20,22-23H,4-5,10-11H2,1-3H3. The summed E-state index contributed by atoms with van der Waals surface area (Å²) in [5.41, 5.74) is 0.930. The van der Waals surface area contributed by atoms with Gasteiger partial charge in [-0.15, -0.1) is 0 Å². The number of nitrogens with one attached hydrogen (secondary N) is 1. The molecular weight excluding hydrogens is 378 g/mol. The Bertz CT molecular complexity index is 692. The van der Waals surface area contributed by atoms with Crippen LogP contribution in [-0.4, -0.2) is 65.6 Å². The predicted molar refractivity (Wildman–Crippen MR) is 97.3 cm³/mol. The first-order valence-corrected chi connectivity index (χ1v) is 10.2. The molecule has 4 N–H and O–H groups in total. The van der Waals surface area contributed by atoms with E-state index >= 15 is 0 Å². The molecule has 1 aromatic carbocycles. The van der Waals surface area contributed by atoms with Crippen molar-refractivity contribution in [3.8, 4) is 0 Å². The van der Waals surface area contributed by atoms with Gasteiger partial charge in [0, 0.05) is 18.2 Å². The van der Waals surface area contributed by atoms with Crippen LogP contribution >= 0.6 is 0 Å². The average molecular weight is 405 g/mol. The molecule has 154 valence electrons. The highest BCUT2D eigenvalue weighted by Crippen LogP contribution is 2.19. The van der Waals surface area contributed by atoms with Crippen molar-refractivity contribution in [3.05, 3.63) is 29.8 Å². The van der Waals surface area contributed by atoms with E-state index in [0.717, 1.165) is 6.26 Å². The van der Waals surface area contributed by atoms with Crippen molar-refractivity contribution in [2.75, 3.05) is 24.1 Å². The molecule has 1 unspecified atom stereocenters. The number of benzene rings is 1. The summed E-state index contributed by atoms with van der Waals surface area (Å²) < 4.78 is 24.8. The summed E-state index contributed by atoms with van der Waals surface area (Å²) in [6.07, 6.45) is 0.508. The van der Waals surface area contributed by atoms with E-state index in [2.05, 4.69) is 9.56 Å². The molecule has 0 radical (unpaired) electrons. The largest absolute Gasteiger partial charge is 0.387 e. The summed E-state index contributed by atoms with van der Waals surface area (Å²) in [6, 6.07) is 6.10. The van der Waals surface area contributed by atoms with E-state index in [1.54, 1.807) is 12.1 Å². The summed E-state index contributed by atoms with van der Waals surface area (Å²) >= 11 is 0. The Labute approximate surface area is 158 Å². The molecule has 0 saturated heterocycles. The number of sulfonamides is 1. The third-order valence-corrected chi connectivity index (χ3v) is 4.26. The SMILES string of the molecule is CC(C)N(CC(O)c1ccc(NS(C)(=O)=O)cc1)C(=O)CCCON(O)O. The van der Waals surface area contributed by atoms with E-state index in [9.17, 15) is 18.3 Å². The van der Waals surface area contributed by atoms with Crippen molar-refractivity contribution in [3.63, 3.8) is 0 Å². The number of nitrogens with zero attached hydrogens (tertiary/aromatic N) is 2. The van der Waals surface area contributed by atoms with E-state index in [1.807, 2.05) is 13.8 Å². The Hall–Kier alpha value is -1.76. The van der Waals surface area contributed by atoms with Gasteiger partial charge in [0.15, 0.2) is 0 Å². The molecule has 0 fully saturated rings. The second kappa shape index (κ2) is 10.5. The van der Waals surface area contributed by atoms with Gasteiger partial charge in [0.25, 0.3) is 0 Å². The number of aliphatic hydroxyl groups excluding tert-OH is 1. The van der Waals surface area contributed by atoms with Crippen LogP contribution in [0.25, 0.3) is 0 Å². The molecule has 0 aromatic heterocycles. The van der Waals surface area contributed by atoms with Crippen LogP contribution in [-0.2, 0) is 19.7 Å². The van der Waals surface area contributed by atoms with Crippen LogP contribution in [0, 0.1) is 0 Å². The van der Waals surface area contributed by atoms with Gasteiger partial charge in [-0.3, -0.25) is 24.8 Å². The topological polar surface area (TPSA) is 140 Å². The fraction of sp³-hybridized carbons (Fsp3) is 0.562. The quantitative estimate of drug-likeness (QED) is 0.317. The maximum absolute atomic E-state index is 12.4. The first-order valence-electron chi connectivity index (χ1n) is 8.35. The summed E-state index contributed by atoms with van der Waals surface area (Å²) in [6.45, 7) is 3.68. The zero-order valence-corrected chi connectivity index (χ0v) is 16.4. The van der Waals surface area contributed by atoms with Crippen LogP contribution in [0.5, 0.6) is 0 Å². The van der Waals surface area contributed by atoms with Gasteiger partial charge in [-0.1, -0.05) is 12.1 Å². The van der Waals surface area contributed by atoms with Gasteiger partial charge >= 0.3 is 0 Å². The van der Waals surface area contributed by atoms with E-state index < -0.39 is 21.5 Å². The smallest absolute Gasteiger partial charge is 0.229 e. The fourth-order valence-corrected chi connectivity index (χ4v) is 2.96. The van der Waals surface area contributed by atoms with Gasteiger partial charge in [0.2, 0.25) is 15.9 Å². The number of anilines is 1. The lowest BCUT2D eigenvalue weighted by atomic mass is 10.1. The zero-order valence-electron chi connectivity index (χ0n) is 15.6. The third kappa shape index (κ3) is 9.13. The minimum absolute atomic E-state index is 0.0397. The average Bonchev–Trinajstić information content (AvgIpc) is 2.54. The van der Waals surface area contributed by atoms with Crippen molar-refractivity contribution >= 4 is 21.6 Å². The number of rotatable bonds is 11. The minimum atomic E-state index is -3.38. The summed E-state index contributed by atoms with van der Waals surface area (Å²) in [7, 11) is -3.38. The third-order valence-electron chi connectivity index (χ3n) is 3.65. The van der Waals surface area contributed by atoms with E-state index in [0.29, 0.717) is 11.3 Å². The Balaban J connectivity index is 2.66. The Morgan fingerprint density at radius 1 is 1.22 bits per heavy atom. The predicted octanol–water partition coefficient (Wildman–Crippen LogP) is 1.12. The highest BCUT2D eigenvalue weighted by atomic mass is 32.2. The van der Waals surface area contributed by atoms with Gasteiger partial charge in [-0.25, -0.2) is 8.42 Å². The van der Waals surface area contributed by atoms with Crippen molar-refractivity contribution in [1.82, 2.24) is 10.3 Å². The molecule has 0 bridgehead atoms. The molecule has 0 spiro atoms. The number of carbonyl (C=O) groups is 1. The normalized spacial score (nSPS) is 13.0. The fourth-order valence-electron chi connectivity index (χ4n) is 2.39. The van der Waals surface area contributed by atoms with Crippen LogP contribution in [0.2, 0.25) is 0 Å². The van der Waals surface area contributed by atoms with Crippen LogP contribution in [0.1, 0.15) is 38.4 Å². The number of carbonyl (C=O) groups excluding carboxylic acids is 1. The van der Waals surface area contributed by atoms with E-state index in [4.69, 9.17) is 10.4 Å². The van der Waals surface area contributed by atoms with Gasteiger partial charge in [0.1, 0.15) is 0 Å². The molecule has 1 amide bonds. The van der Waals surface area contributed by atoms with Crippen molar-refractivity contribution < 1.29 is 33.6 Å². The lowest BCUT2D eigenvalue weighted by Gasteiger charge is -2.29. The lowest BCUT2D eigenvalue weighted by molar-refractivity contribution is -0.492.